The van der Waals surface area contributed by atoms with E-state index in [0.717, 1.165) is 31.6 Å². The molecule has 1 aliphatic rings. The molecule has 1 aromatic rings. The molecule has 2 atom stereocenters. The fraction of sp³-hybridized carbons (Fsp3) is 0.467. The second-order valence-corrected chi connectivity index (χ2v) is 5.58. The topological polar surface area (TPSA) is 72.9 Å². The first kappa shape index (κ1) is 15.5. The minimum Gasteiger partial charge on any atom is -0.337 e. The highest BCUT2D eigenvalue weighted by Crippen LogP contribution is 2.16. The molecule has 1 fully saturated rings. The predicted molar refractivity (Wildman–Crippen MR) is 77.8 cm³/mol. The Kier molecular flexibility index (Phi) is 4.93. The van der Waals surface area contributed by atoms with E-state index in [9.17, 15) is 9.59 Å². The van der Waals surface area contributed by atoms with Crippen molar-refractivity contribution in [2.45, 2.75) is 32.5 Å². The molecule has 2 unspecified atom stereocenters. The summed E-state index contributed by atoms with van der Waals surface area (Å²) in [6, 6.07) is 7.54. The van der Waals surface area contributed by atoms with Gasteiger partial charge in [0.05, 0.1) is 0 Å². The van der Waals surface area contributed by atoms with Crippen LogP contribution >= 0.6 is 0 Å². The third-order valence-corrected chi connectivity index (χ3v) is 3.91. The quantitative estimate of drug-likeness (QED) is 0.490. The Hall–Kier alpha value is -1.92. The molecule has 0 aromatic heterocycles. The molecule has 114 valence electrons. The van der Waals surface area contributed by atoms with E-state index in [0.29, 0.717) is 5.56 Å². The second-order valence-electron chi connectivity index (χ2n) is 5.58. The average Bonchev–Trinajstić information content (AvgIpc) is 2.47. The van der Waals surface area contributed by atoms with E-state index in [-0.39, 0.29) is 12.1 Å². The molecule has 0 aliphatic carbocycles. The standard InChI is InChI=1S/C15H21N3O3/c1-11-7-17(8-12(2)18(11)10-19)9-13-3-5-14(6-4-13)15(20)16-21/h3-6,10-12,21H,7-9H2,1-2H3,(H,16,20). The summed E-state index contributed by atoms with van der Waals surface area (Å²) in [5, 5.41) is 8.58. The molecule has 1 aliphatic heterocycles. The number of carbonyl (C=O) groups excluding carboxylic acids is 2. The number of piperazine rings is 1. The van der Waals surface area contributed by atoms with Gasteiger partial charge in [-0.15, -0.1) is 0 Å². The first-order chi connectivity index (χ1) is 10.0. The minimum atomic E-state index is -0.511. The lowest BCUT2D eigenvalue weighted by Gasteiger charge is -2.42. The highest BCUT2D eigenvalue weighted by atomic mass is 16.5. The van der Waals surface area contributed by atoms with Crippen molar-refractivity contribution in [3.05, 3.63) is 35.4 Å². The molecule has 6 heteroatoms. The number of amides is 2. The lowest BCUT2D eigenvalue weighted by Crippen LogP contribution is -2.55. The van der Waals surface area contributed by atoms with E-state index in [4.69, 9.17) is 5.21 Å². The van der Waals surface area contributed by atoms with Crippen molar-refractivity contribution in [3.8, 4) is 0 Å². The average molecular weight is 291 g/mol. The maximum atomic E-state index is 11.3. The van der Waals surface area contributed by atoms with E-state index in [2.05, 4.69) is 4.90 Å². The van der Waals surface area contributed by atoms with Gasteiger partial charge in [0, 0.05) is 37.3 Å². The predicted octanol–water partition coefficient (Wildman–Crippen LogP) is 0.857. The molecule has 0 bridgehead atoms. The zero-order valence-electron chi connectivity index (χ0n) is 12.3. The van der Waals surface area contributed by atoms with Gasteiger partial charge in [0.1, 0.15) is 0 Å². The van der Waals surface area contributed by atoms with E-state index in [1.54, 1.807) is 17.6 Å². The van der Waals surface area contributed by atoms with Gasteiger partial charge in [-0.05, 0) is 31.5 Å². The summed E-state index contributed by atoms with van der Waals surface area (Å²) >= 11 is 0. The molecule has 0 spiro atoms. The molecule has 6 nitrogen and oxygen atoms in total. The van der Waals surface area contributed by atoms with Crippen LogP contribution in [0.25, 0.3) is 0 Å². The van der Waals surface area contributed by atoms with Crippen LogP contribution in [0.5, 0.6) is 0 Å². The van der Waals surface area contributed by atoms with Gasteiger partial charge >= 0.3 is 0 Å². The highest BCUT2D eigenvalue weighted by Gasteiger charge is 2.27. The summed E-state index contributed by atoms with van der Waals surface area (Å²) in [4.78, 5) is 26.4. The SMILES string of the molecule is CC1CN(Cc2ccc(C(=O)NO)cc2)CC(C)N1C=O. The Bertz CT molecular complexity index is 491. The minimum absolute atomic E-state index is 0.200. The van der Waals surface area contributed by atoms with Crippen LogP contribution in [0.2, 0.25) is 0 Å². The van der Waals surface area contributed by atoms with Crippen molar-refractivity contribution in [2.75, 3.05) is 13.1 Å². The normalized spacial score (nSPS) is 22.9. The van der Waals surface area contributed by atoms with Crippen LogP contribution in [-0.2, 0) is 11.3 Å². The van der Waals surface area contributed by atoms with E-state index < -0.39 is 5.91 Å². The maximum Gasteiger partial charge on any atom is 0.274 e. The van der Waals surface area contributed by atoms with Gasteiger partial charge in [0.15, 0.2) is 0 Å². The van der Waals surface area contributed by atoms with Crippen molar-refractivity contribution in [2.24, 2.45) is 0 Å². The maximum absolute atomic E-state index is 11.3. The fourth-order valence-corrected chi connectivity index (χ4v) is 2.87. The molecule has 1 saturated heterocycles. The zero-order valence-corrected chi connectivity index (χ0v) is 12.3. The van der Waals surface area contributed by atoms with Gasteiger partial charge in [-0.1, -0.05) is 12.1 Å². The third-order valence-electron chi connectivity index (χ3n) is 3.91. The number of rotatable bonds is 4. The number of nitrogens with one attached hydrogen (secondary N) is 1. The Balaban J connectivity index is 1.99. The Morgan fingerprint density at radius 1 is 1.29 bits per heavy atom. The number of benzene rings is 1. The molecule has 1 aromatic carbocycles. The van der Waals surface area contributed by atoms with E-state index >= 15 is 0 Å². The molecular weight excluding hydrogens is 270 g/mol. The van der Waals surface area contributed by atoms with Crippen LogP contribution in [0.1, 0.15) is 29.8 Å². The van der Waals surface area contributed by atoms with Crippen LogP contribution in [0.15, 0.2) is 24.3 Å². The monoisotopic (exact) mass is 291 g/mol. The van der Waals surface area contributed by atoms with Crippen LogP contribution in [0, 0.1) is 0 Å². The van der Waals surface area contributed by atoms with Crippen molar-refractivity contribution < 1.29 is 14.8 Å². The summed E-state index contributed by atoms with van der Waals surface area (Å²) < 4.78 is 0. The van der Waals surface area contributed by atoms with Gasteiger partial charge in [0.25, 0.3) is 5.91 Å². The summed E-state index contributed by atoms with van der Waals surface area (Å²) in [6.07, 6.45) is 0.926. The van der Waals surface area contributed by atoms with Crippen LogP contribution in [0.4, 0.5) is 0 Å². The van der Waals surface area contributed by atoms with Crippen LogP contribution in [0.3, 0.4) is 0 Å². The van der Waals surface area contributed by atoms with Gasteiger partial charge in [-0.3, -0.25) is 19.7 Å². The van der Waals surface area contributed by atoms with Crippen molar-refractivity contribution in [3.63, 3.8) is 0 Å². The second kappa shape index (κ2) is 6.69. The molecule has 1 heterocycles. The number of hydroxylamine groups is 1. The molecule has 21 heavy (non-hydrogen) atoms. The lowest BCUT2D eigenvalue weighted by molar-refractivity contribution is -0.125. The van der Waals surface area contributed by atoms with Crippen molar-refractivity contribution in [1.29, 1.82) is 0 Å². The third kappa shape index (κ3) is 3.59. The van der Waals surface area contributed by atoms with Crippen LogP contribution < -0.4 is 5.48 Å². The first-order valence-electron chi connectivity index (χ1n) is 7.03. The molecular formula is C15H21N3O3. The largest absolute Gasteiger partial charge is 0.337 e. The summed E-state index contributed by atoms with van der Waals surface area (Å²) in [6.45, 7) is 6.55. The molecule has 0 radical (unpaired) electrons. The van der Waals surface area contributed by atoms with Crippen LogP contribution in [-0.4, -0.2) is 52.5 Å². The molecule has 2 N–H and O–H groups in total. The number of hydrogen-bond donors (Lipinski definition) is 2. The van der Waals surface area contributed by atoms with E-state index in [1.165, 1.54) is 0 Å². The lowest BCUT2D eigenvalue weighted by atomic mass is 10.1. The summed E-state index contributed by atoms with van der Waals surface area (Å²) in [7, 11) is 0. The van der Waals surface area contributed by atoms with Gasteiger partial charge < -0.3 is 4.90 Å². The molecule has 2 amide bonds. The van der Waals surface area contributed by atoms with Crippen molar-refractivity contribution in [1.82, 2.24) is 15.3 Å². The highest BCUT2D eigenvalue weighted by molar-refractivity contribution is 5.93. The Morgan fingerprint density at radius 3 is 2.33 bits per heavy atom. The van der Waals surface area contributed by atoms with Gasteiger partial charge in [-0.25, -0.2) is 5.48 Å². The summed E-state index contributed by atoms with van der Waals surface area (Å²) in [5.41, 5.74) is 3.14. The Morgan fingerprint density at radius 2 is 1.86 bits per heavy atom. The Labute approximate surface area is 124 Å². The number of hydrogen-bond acceptors (Lipinski definition) is 4. The molecule has 0 saturated carbocycles. The first-order valence-corrected chi connectivity index (χ1v) is 7.03. The number of carbonyl (C=O) groups is 2. The smallest absolute Gasteiger partial charge is 0.274 e. The number of nitrogens with zero attached hydrogens (tertiary/aromatic N) is 2. The summed E-state index contributed by atoms with van der Waals surface area (Å²) in [5.74, 6) is -0.511. The van der Waals surface area contributed by atoms with Crippen molar-refractivity contribution >= 4 is 12.3 Å². The molecule has 2 rings (SSSR count). The zero-order chi connectivity index (χ0) is 15.4. The van der Waals surface area contributed by atoms with Gasteiger partial charge in [0.2, 0.25) is 6.41 Å². The fourth-order valence-electron chi connectivity index (χ4n) is 2.87. The van der Waals surface area contributed by atoms with E-state index in [1.807, 2.05) is 30.9 Å². The van der Waals surface area contributed by atoms with Gasteiger partial charge in [-0.2, -0.15) is 0 Å².